The van der Waals surface area contributed by atoms with Crippen LogP contribution in [-0.2, 0) is 4.84 Å². The van der Waals surface area contributed by atoms with E-state index in [-0.39, 0.29) is 11.4 Å². The number of pyridine rings is 1. The molecule has 0 radical (unpaired) electrons. The van der Waals surface area contributed by atoms with E-state index in [9.17, 15) is 10.0 Å². The second kappa shape index (κ2) is 11.1. The summed E-state index contributed by atoms with van der Waals surface area (Å²) in [5.74, 6) is 0.323. The second-order valence-electron chi connectivity index (χ2n) is 9.78. The molecule has 1 aromatic heterocycles. The van der Waals surface area contributed by atoms with Crippen LogP contribution in [0.25, 0.3) is 0 Å². The summed E-state index contributed by atoms with van der Waals surface area (Å²) in [5, 5.41) is 16.4. The Morgan fingerprint density at radius 2 is 1.83 bits per heavy atom. The van der Waals surface area contributed by atoms with Crippen LogP contribution in [0.2, 0.25) is 0 Å². The lowest BCUT2D eigenvalue weighted by atomic mass is 9.82. The van der Waals surface area contributed by atoms with Crippen LogP contribution in [0.1, 0.15) is 61.1 Å². The summed E-state index contributed by atoms with van der Waals surface area (Å²) in [6.07, 6.45) is 5.36. The van der Waals surface area contributed by atoms with Crippen LogP contribution in [0.4, 0.5) is 0 Å². The Labute approximate surface area is 216 Å². The van der Waals surface area contributed by atoms with Crippen molar-refractivity contribution in [2.24, 2.45) is 11.1 Å². The van der Waals surface area contributed by atoms with E-state index < -0.39 is 0 Å². The number of carbonyl (C=O) groups excluding carboxylic acids is 1. The zero-order valence-corrected chi connectivity index (χ0v) is 22.5. The van der Waals surface area contributed by atoms with Gasteiger partial charge in [0.05, 0.1) is 5.71 Å². The van der Waals surface area contributed by atoms with Crippen molar-refractivity contribution in [2.75, 3.05) is 32.8 Å². The SMILES string of the molecule is CCO/N=C(\c1ccc(Br)cc1)C1CCN(C2(C)CCN(C(=O)c3ccc[n+]([O-])c3C)CC2)CC1. The van der Waals surface area contributed by atoms with Crippen LogP contribution < -0.4 is 4.73 Å². The number of piperidine rings is 2. The topological polar surface area (TPSA) is 72.1 Å². The number of benzene rings is 1. The molecule has 0 saturated carbocycles. The van der Waals surface area contributed by atoms with Crippen molar-refractivity contribution < 1.29 is 14.4 Å². The maximum Gasteiger partial charge on any atom is 0.260 e. The molecule has 2 saturated heterocycles. The maximum absolute atomic E-state index is 13.1. The van der Waals surface area contributed by atoms with Gasteiger partial charge in [-0.3, -0.25) is 9.69 Å². The van der Waals surface area contributed by atoms with Gasteiger partial charge in [0.25, 0.3) is 5.91 Å². The lowest BCUT2D eigenvalue weighted by Crippen LogP contribution is -2.57. The number of oxime groups is 1. The van der Waals surface area contributed by atoms with Gasteiger partial charge in [-0.25, -0.2) is 0 Å². The zero-order valence-electron chi connectivity index (χ0n) is 20.9. The molecule has 188 valence electrons. The Hall–Kier alpha value is -2.45. The fourth-order valence-electron chi connectivity index (χ4n) is 5.28. The van der Waals surface area contributed by atoms with Crippen molar-refractivity contribution >= 4 is 27.5 Å². The van der Waals surface area contributed by atoms with E-state index in [0.717, 1.165) is 59.3 Å². The Kier molecular flexibility index (Phi) is 8.12. The third-order valence-electron chi connectivity index (χ3n) is 7.64. The van der Waals surface area contributed by atoms with E-state index in [1.165, 1.54) is 6.20 Å². The molecule has 2 aromatic rings. The van der Waals surface area contributed by atoms with Crippen LogP contribution >= 0.6 is 15.9 Å². The summed E-state index contributed by atoms with van der Waals surface area (Å²) in [6, 6.07) is 11.7. The molecule has 2 fully saturated rings. The number of rotatable bonds is 6. The fourth-order valence-corrected chi connectivity index (χ4v) is 5.55. The summed E-state index contributed by atoms with van der Waals surface area (Å²) in [7, 11) is 0. The molecule has 8 heteroatoms. The molecule has 35 heavy (non-hydrogen) atoms. The van der Waals surface area contributed by atoms with Crippen molar-refractivity contribution in [1.29, 1.82) is 0 Å². The van der Waals surface area contributed by atoms with Gasteiger partial charge in [-0.05, 0) is 76.4 Å². The lowest BCUT2D eigenvalue weighted by molar-refractivity contribution is -0.612. The Morgan fingerprint density at radius 3 is 2.46 bits per heavy atom. The average molecular weight is 544 g/mol. The predicted molar refractivity (Wildman–Crippen MR) is 140 cm³/mol. The maximum atomic E-state index is 13.1. The third kappa shape index (κ3) is 5.70. The smallest absolute Gasteiger partial charge is 0.260 e. The number of aromatic nitrogens is 1. The second-order valence-corrected chi connectivity index (χ2v) is 10.7. The Morgan fingerprint density at radius 1 is 1.17 bits per heavy atom. The van der Waals surface area contributed by atoms with E-state index >= 15 is 0 Å². The van der Waals surface area contributed by atoms with Crippen molar-refractivity contribution in [3.63, 3.8) is 0 Å². The Bertz CT molecular complexity index is 1060. The van der Waals surface area contributed by atoms with Crippen molar-refractivity contribution in [1.82, 2.24) is 9.80 Å². The highest BCUT2D eigenvalue weighted by molar-refractivity contribution is 9.10. The number of hydrogen-bond donors (Lipinski definition) is 0. The number of amides is 1. The van der Waals surface area contributed by atoms with E-state index in [1.807, 2.05) is 11.8 Å². The average Bonchev–Trinajstić information content (AvgIpc) is 2.87. The monoisotopic (exact) mass is 542 g/mol. The van der Waals surface area contributed by atoms with E-state index in [1.54, 1.807) is 19.1 Å². The molecular formula is C27H35BrN4O3. The standard InChI is InChI=1S/C27H35BrN4O3/c1-4-35-29-25(21-7-9-23(28)10-8-21)22-11-16-31(17-12-22)27(3)13-18-30(19-14-27)26(33)24-6-5-15-32(34)20(24)2/h5-10,15,22H,4,11-14,16-19H2,1-3H3/b29-25+. The van der Waals surface area contributed by atoms with Gasteiger partial charge >= 0.3 is 0 Å². The summed E-state index contributed by atoms with van der Waals surface area (Å²) in [4.78, 5) is 23.0. The minimum Gasteiger partial charge on any atom is -0.618 e. The first-order valence-corrected chi connectivity index (χ1v) is 13.3. The van der Waals surface area contributed by atoms with Crippen LogP contribution in [0.15, 0.2) is 52.2 Å². The van der Waals surface area contributed by atoms with Crippen molar-refractivity contribution in [2.45, 2.75) is 52.0 Å². The van der Waals surface area contributed by atoms with Gasteiger partial charge in [0.2, 0.25) is 5.69 Å². The minimum atomic E-state index is -0.0419. The third-order valence-corrected chi connectivity index (χ3v) is 8.17. The molecule has 0 bridgehead atoms. The first kappa shape index (κ1) is 25.6. The van der Waals surface area contributed by atoms with Gasteiger partial charge in [-0.2, -0.15) is 4.73 Å². The first-order valence-electron chi connectivity index (χ1n) is 12.5. The molecule has 3 heterocycles. The molecule has 0 N–H and O–H groups in total. The van der Waals surface area contributed by atoms with Gasteiger partial charge in [-0.15, -0.1) is 0 Å². The van der Waals surface area contributed by atoms with Crippen molar-refractivity contribution in [3.05, 3.63) is 69.1 Å². The summed E-state index contributed by atoms with van der Waals surface area (Å²) >= 11 is 3.52. The highest BCUT2D eigenvalue weighted by Crippen LogP contribution is 2.34. The fraction of sp³-hybridized carbons (Fsp3) is 0.519. The normalized spacial score (nSPS) is 19.5. The lowest BCUT2D eigenvalue weighted by Gasteiger charge is -2.49. The van der Waals surface area contributed by atoms with E-state index in [0.29, 0.717) is 36.9 Å². The van der Waals surface area contributed by atoms with Gasteiger partial charge in [0, 0.05) is 42.0 Å². The molecule has 0 aliphatic carbocycles. The molecule has 1 amide bonds. The Balaban J connectivity index is 1.37. The summed E-state index contributed by atoms with van der Waals surface area (Å²) < 4.78 is 1.82. The highest BCUT2D eigenvalue weighted by Gasteiger charge is 2.39. The molecule has 0 atom stereocenters. The predicted octanol–water partition coefficient (Wildman–Crippen LogP) is 4.54. The molecule has 2 aliphatic rings. The van der Waals surface area contributed by atoms with Crippen LogP contribution in [0.3, 0.4) is 0 Å². The number of hydrogen-bond acceptors (Lipinski definition) is 5. The number of nitrogens with zero attached hydrogens (tertiary/aromatic N) is 4. The van der Waals surface area contributed by atoms with Crippen LogP contribution in [0.5, 0.6) is 0 Å². The molecule has 7 nitrogen and oxygen atoms in total. The molecule has 0 spiro atoms. The van der Waals surface area contributed by atoms with E-state index in [2.05, 4.69) is 57.2 Å². The molecular weight excluding hydrogens is 508 g/mol. The summed E-state index contributed by atoms with van der Waals surface area (Å²) in [5.41, 5.74) is 3.19. The number of likely N-dealkylation sites (tertiary alicyclic amines) is 2. The highest BCUT2D eigenvalue weighted by atomic mass is 79.9. The largest absolute Gasteiger partial charge is 0.618 e. The minimum absolute atomic E-state index is 0.0419. The van der Waals surface area contributed by atoms with Crippen molar-refractivity contribution in [3.8, 4) is 0 Å². The van der Waals surface area contributed by atoms with Crippen LogP contribution in [-0.4, -0.2) is 59.7 Å². The molecule has 4 rings (SSSR count). The number of carbonyl (C=O) groups is 1. The van der Waals surface area contributed by atoms with E-state index in [4.69, 9.17) is 4.84 Å². The molecule has 2 aliphatic heterocycles. The van der Waals surface area contributed by atoms with Gasteiger partial charge < -0.3 is 14.9 Å². The number of halogens is 1. The first-order chi connectivity index (χ1) is 16.8. The molecule has 0 unspecified atom stereocenters. The summed E-state index contributed by atoms with van der Waals surface area (Å²) in [6.45, 7) is 9.98. The van der Waals surface area contributed by atoms with Gasteiger partial charge in [0.15, 0.2) is 6.20 Å². The van der Waals surface area contributed by atoms with Crippen LogP contribution in [0, 0.1) is 18.0 Å². The molecule has 1 aromatic carbocycles. The zero-order chi connectivity index (χ0) is 25.0. The van der Waals surface area contributed by atoms with Gasteiger partial charge in [-0.1, -0.05) is 33.2 Å². The quantitative estimate of drug-likeness (QED) is 0.232. The van der Waals surface area contributed by atoms with Gasteiger partial charge in [0.1, 0.15) is 12.2 Å².